The van der Waals surface area contributed by atoms with Crippen LogP contribution in [-0.2, 0) is 6.42 Å². The summed E-state index contributed by atoms with van der Waals surface area (Å²) < 4.78 is 6.14. The van der Waals surface area contributed by atoms with Crippen LogP contribution >= 0.6 is 0 Å². The van der Waals surface area contributed by atoms with Crippen LogP contribution in [0.3, 0.4) is 0 Å². The van der Waals surface area contributed by atoms with Gasteiger partial charge in [0.15, 0.2) is 0 Å². The third-order valence-electron chi connectivity index (χ3n) is 8.60. The van der Waals surface area contributed by atoms with Crippen LogP contribution in [0.2, 0.25) is 0 Å². The topological polar surface area (TPSA) is 32.7 Å². The molecule has 5 rings (SSSR count). The zero-order valence-electron chi connectivity index (χ0n) is 23.0. The van der Waals surface area contributed by atoms with Crippen molar-refractivity contribution in [1.82, 2.24) is 4.90 Å². The lowest BCUT2D eigenvalue weighted by Gasteiger charge is -2.34. The molecule has 0 amide bonds. The van der Waals surface area contributed by atoms with E-state index < -0.39 is 0 Å². The molecule has 2 aliphatic heterocycles. The highest BCUT2D eigenvalue weighted by Gasteiger charge is 2.33. The summed E-state index contributed by atoms with van der Waals surface area (Å²) in [7, 11) is 0. The molecule has 0 unspecified atom stereocenters. The molecule has 0 radical (unpaired) electrons. The van der Waals surface area contributed by atoms with Gasteiger partial charge in [0.05, 0.1) is 6.61 Å². The van der Waals surface area contributed by atoms with Gasteiger partial charge in [0.1, 0.15) is 11.5 Å². The summed E-state index contributed by atoms with van der Waals surface area (Å²) in [5.41, 5.74) is 5.08. The van der Waals surface area contributed by atoms with Crippen molar-refractivity contribution >= 4 is 0 Å². The highest BCUT2D eigenvalue weighted by Crippen LogP contribution is 2.47. The van der Waals surface area contributed by atoms with Gasteiger partial charge in [-0.3, -0.25) is 0 Å². The van der Waals surface area contributed by atoms with Gasteiger partial charge in [-0.25, -0.2) is 0 Å². The van der Waals surface area contributed by atoms with E-state index in [2.05, 4.69) is 59.5 Å². The van der Waals surface area contributed by atoms with E-state index in [4.69, 9.17) is 4.74 Å². The molecule has 3 aromatic carbocycles. The van der Waals surface area contributed by atoms with Gasteiger partial charge in [-0.1, -0.05) is 93.1 Å². The van der Waals surface area contributed by atoms with Crippen LogP contribution < -0.4 is 4.74 Å². The molecule has 3 heteroatoms. The first-order chi connectivity index (χ1) is 18.8. The lowest BCUT2D eigenvalue weighted by molar-refractivity contribution is 0.248. The molecule has 3 aromatic rings. The van der Waals surface area contributed by atoms with Gasteiger partial charge in [0.2, 0.25) is 0 Å². The van der Waals surface area contributed by atoms with Crippen molar-refractivity contribution in [2.75, 3.05) is 26.2 Å². The van der Waals surface area contributed by atoms with Crippen LogP contribution in [0, 0.1) is 0 Å². The molecular weight excluding hydrogens is 466 g/mol. The highest BCUT2D eigenvalue weighted by molar-refractivity contribution is 5.50. The molecule has 0 saturated carbocycles. The first kappa shape index (κ1) is 26.8. The number of likely N-dealkylation sites (tertiary alicyclic amines) is 1. The van der Waals surface area contributed by atoms with Crippen LogP contribution in [0.1, 0.15) is 98.3 Å². The molecule has 0 spiro atoms. The number of hydrogen-bond acceptors (Lipinski definition) is 3. The summed E-state index contributed by atoms with van der Waals surface area (Å²) >= 11 is 0. The second-order valence-corrected chi connectivity index (χ2v) is 11.4. The van der Waals surface area contributed by atoms with Gasteiger partial charge >= 0.3 is 0 Å². The Balaban J connectivity index is 1.09. The van der Waals surface area contributed by atoms with Gasteiger partial charge in [-0.2, -0.15) is 0 Å². The molecule has 1 N–H and O–H groups in total. The quantitative estimate of drug-likeness (QED) is 0.234. The molecule has 0 aromatic heterocycles. The Morgan fingerprint density at radius 1 is 0.711 bits per heavy atom. The van der Waals surface area contributed by atoms with Gasteiger partial charge in [-0.05, 0) is 86.6 Å². The maximum absolute atomic E-state index is 10.2. The predicted molar refractivity (Wildman–Crippen MR) is 157 cm³/mol. The second kappa shape index (κ2) is 13.8. The Bertz CT molecular complexity index is 1100. The number of benzene rings is 3. The predicted octanol–water partition coefficient (Wildman–Crippen LogP) is 8.46. The first-order valence-corrected chi connectivity index (χ1v) is 15.1. The van der Waals surface area contributed by atoms with Crippen molar-refractivity contribution in [3.63, 3.8) is 0 Å². The summed E-state index contributed by atoms with van der Waals surface area (Å²) in [5.74, 6) is 1.56. The van der Waals surface area contributed by atoms with Crippen LogP contribution in [0.25, 0.3) is 0 Å². The molecule has 3 nitrogen and oxygen atoms in total. The van der Waals surface area contributed by atoms with Crippen molar-refractivity contribution in [2.24, 2.45) is 0 Å². The third-order valence-corrected chi connectivity index (χ3v) is 8.60. The van der Waals surface area contributed by atoms with Crippen LogP contribution in [0.15, 0.2) is 72.8 Å². The Hall–Kier alpha value is -2.78. The molecule has 38 heavy (non-hydrogen) atoms. The Labute approximate surface area is 229 Å². The zero-order chi connectivity index (χ0) is 26.0. The molecule has 0 aliphatic carbocycles. The Kier molecular flexibility index (Phi) is 9.77. The van der Waals surface area contributed by atoms with Crippen molar-refractivity contribution < 1.29 is 9.84 Å². The zero-order valence-corrected chi connectivity index (χ0v) is 23.0. The SMILES string of the molecule is Oc1ccc2c(c1)[C@@H](c1ccc(CCCCCCCCCCN3CCCC3)cc1)[C@@H](c1ccccc1)CO2. The number of hydrogen-bond donors (Lipinski definition) is 1. The van der Waals surface area contributed by atoms with Gasteiger partial charge in [-0.15, -0.1) is 0 Å². The average Bonchev–Trinajstić information content (AvgIpc) is 3.48. The maximum atomic E-state index is 10.2. The minimum absolute atomic E-state index is 0.164. The van der Waals surface area contributed by atoms with Crippen molar-refractivity contribution in [1.29, 1.82) is 0 Å². The number of unbranched alkanes of at least 4 members (excludes halogenated alkanes) is 7. The Morgan fingerprint density at radius 3 is 2.13 bits per heavy atom. The maximum Gasteiger partial charge on any atom is 0.123 e. The number of phenols is 1. The molecule has 1 fully saturated rings. The first-order valence-electron chi connectivity index (χ1n) is 15.1. The second-order valence-electron chi connectivity index (χ2n) is 11.4. The van der Waals surface area contributed by atoms with E-state index in [-0.39, 0.29) is 11.8 Å². The third kappa shape index (κ3) is 7.20. The molecule has 2 aliphatic rings. The Morgan fingerprint density at radius 2 is 1.39 bits per heavy atom. The summed E-state index contributed by atoms with van der Waals surface area (Å²) in [6.45, 7) is 4.65. The fraction of sp³-hybridized carbons (Fsp3) is 0.486. The van der Waals surface area contributed by atoms with Crippen LogP contribution in [0.5, 0.6) is 11.5 Å². The minimum atomic E-state index is 0.164. The molecule has 1 saturated heterocycles. The van der Waals surface area contributed by atoms with Crippen molar-refractivity contribution in [3.8, 4) is 11.5 Å². The van der Waals surface area contributed by atoms with E-state index in [1.165, 1.54) is 101 Å². The number of rotatable bonds is 13. The fourth-order valence-corrected chi connectivity index (χ4v) is 6.43. The number of phenolic OH excluding ortho intramolecular Hbond substituents is 1. The van der Waals surface area contributed by atoms with E-state index in [0.717, 1.165) is 17.7 Å². The molecule has 0 bridgehead atoms. The summed E-state index contributed by atoms with van der Waals surface area (Å²) in [6, 6.07) is 25.4. The molecule has 2 atom stereocenters. The van der Waals surface area contributed by atoms with E-state index in [1.54, 1.807) is 6.07 Å². The summed E-state index contributed by atoms with van der Waals surface area (Å²) in [5, 5.41) is 10.2. The highest BCUT2D eigenvalue weighted by atomic mass is 16.5. The van der Waals surface area contributed by atoms with Gasteiger partial charge < -0.3 is 14.7 Å². The fourth-order valence-electron chi connectivity index (χ4n) is 6.43. The normalized spacial score (nSPS) is 19.3. The minimum Gasteiger partial charge on any atom is -0.508 e. The van der Waals surface area contributed by atoms with E-state index in [0.29, 0.717) is 12.4 Å². The number of ether oxygens (including phenoxy) is 1. The van der Waals surface area contributed by atoms with Gasteiger partial charge in [0, 0.05) is 17.4 Å². The van der Waals surface area contributed by atoms with E-state index in [9.17, 15) is 5.11 Å². The number of fused-ring (bicyclic) bond motifs is 1. The summed E-state index contributed by atoms with van der Waals surface area (Å²) in [4.78, 5) is 2.64. The molecule has 2 heterocycles. The lowest BCUT2D eigenvalue weighted by Crippen LogP contribution is -2.25. The summed E-state index contributed by atoms with van der Waals surface area (Å²) in [6.07, 6.45) is 14.9. The van der Waals surface area contributed by atoms with E-state index >= 15 is 0 Å². The van der Waals surface area contributed by atoms with Crippen molar-refractivity contribution in [2.45, 2.75) is 82.5 Å². The molecular formula is C35H45NO2. The van der Waals surface area contributed by atoms with E-state index in [1.807, 2.05) is 12.1 Å². The molecule has 202 valence electrons. The van der Waals surface area contributed by atoms with Crippen LogP contribution in [-0.4, -0.2) is 36.2 Å². The lowest BCUT2D eigenvalue weighted by atomic mass is 9.75. The number of nitrogens with zero attached hydrogens (tertiary/aromatic N) is 1. The number of aromatic hydroxyl groups is 1. The smallest absolute Gasteiger partial charge is 0.123 e. The van der Waals surface area contributed by atoms with Crippen molar-refractivity contribution in [3.05, 3.63) is 95.1 Å². The van der Waals surface area contributed by atoms with Crippen LogP contribution in [0.4, 0.5) is 0 Å². The largest absolute Gasteiger partial charge is 0.508 e. The van der Waals surface area contributed by atoms with Gasteiger partial charge in [0.25, 0.3) is 0 Å². The average molecular weight is 512 g/mol. The monoisotopic (exact) mass is 511 g/mol. The standard InChI is InChI=1S/C35H45NO2/c37-31-21-22-34-32(26-31)35(33(27-38-34)29-15-9-7-10-16-29)30-19-17-28(18-20-30)14-8-5-3-1-2-4-6-11-23-36-24-12-13-25-36/h7,9-10,15-22,26,33,35,37H,1-6,8,11-14,23-25,27H2/t33-,35-/m1/s1. The number of aryl methyl sites for hydroxylation is 1.